The molecule has 1 aliphatic rings. The Hall–Kier alpha value is -1.55. The van der Waals surface area contributed by atoms with Crippen molar-refractivity contribution in [2.24, 2.45) is 5.92 Å². The second-order valence-electron chi connectivity index (χ2n) is 4.82. The molecule has 1 saturated heterocycles. The van der Waals surface area contributed by atoms with Crippen LogP contribution in [-0.4, -0.2) is 26.1 Å². The third-order valence-corrected chi connectivity index (χ3v) is 3.50. The third kappa shape index (κ3) is 2.64. The maximum absolute atomic E-state index is 12.1. The van der Waals surface area contributed by atoms with Gasteiger partial charge in [-0.25, -0.2) is 0 Å². The summed E-state index contributed by atoms with van der Waals surface area (Å²) in [5.74, 6) is 0.857. The SMILES string of the molecule is COc1cc(C)c(C)cc1NC(=O)C1CCNC1. The van der Waals surface area contributed by atoms with Crippen molar-refractivity contribution in [2.75, 3.05) is 25.5 Å². The van der Waals surface area contributed by atoms with Gasteiger partial charge in [-0.2, -0.15) is 0 Å². The standard InChI is InChI=1S/C14H20N2O2/c1-9-6-12(13(18-3)7-10(9)2)16-14(17)11-4-5-15-8-11/h6-7,11,15H,4-5,8H2,1-3H3,(H,16,17). The number of hydrogen-bond donors (Lipinski definition) is 2. The average molecular weight is 248 g/mol. The molecule has 0 radical (unpaired) electrons. The summed E-state index contributed by atoms with van der Waals surface area (Å²) in [4.78, 5) is 12.1. The molecule has 98 valence electrons. The first-order valence-electron chi connectivity index (χ1n) is 6.28. The molecule has 0 aliphatic carbocycles. The van der Waals surface area contributed by atoms with Crippen LogP contribution in [0.4, 0.5) is 5.69 Å². The zero-order valence-corrected chi connectivity index (χ0v) is 11.2. The summed E-state index contributed by atoms with van der Waals surface area (Å²) in [6.45, 7) is 5.74. The molecular weight excluding hydrogens is 228 g/mol. The third-order valence-electron chi connectivity index (χ3n) is 3.50. The van der Waals surface area contributed by atoms with Crippen LogP contribution < -0.4 is 15.4 Å². The van der Waals surface area contributed by atoms with Crippen LogP contribution >= 0.6 is 0 Å². The molecule has 1 unspecified atom stereocenters. The van der Waals surface area contributed by atoms with Crippen LogP contribution in [0.3, 0.4) is 0 Å². The monoisotopic (exact) mass is 248 g/mol. The van der Waals surface area contributed by atoms with Crippen LogP contribution in [0, 0.1) is 19.8 Å². The summed E-state index contributed by atoms with van der Waals surface area (Å²) in [5.41, 5.74) is 3.07. The Bertz CT molecular complexity index is 451. The Kier molecular flexibility index (Phi) is 3.87. The molecular formula is C14H20N2O2. The van der Waals surface area contributed by atoms with Gasteiger partial charge in [0.25, 0.3) is 0 Å². The molecule has 1 fully saturated rings. The van der Waals surface area contributed by atoms with Crippen LogP contribution in [0.15, 0.2) is 12.1 Å². The van der Waals surface area contributed by atoms with Crippen molar-refractivity contribution >= 4 is 11.6 Å². The number of benzene rings is 1. The lowest BCUT2D eigenvalue weighted by molar-refractivity contribution is -0.119. The molecule has 1 aromatic carbocycles. The van der Waals surface area contributed by atoms with Gasteiger partial charge in [0.1, 0.15) is 5.75 Å². The summed E-state index contributed by atoms with van der Waals surface area (Å²) in [6.07, 6.45) is 0.902. The first-order chi connectivity index (χ1) is 8.61. The van der Waals surface area contributed by atoms with Gasteiger partial charge >= 0.3 is 0 Å². The van der Waals surface area contributed by atoms with E-state index in [-0.39, 0.29) is 11.8 Å². The zero-order chi connectivity index (χ0) is 13.1. The number of rotatable bonds is 3. The van der Waals surface area contributed by atoms with E-state index in [0.717, 1.165) is 42.1 Å². The minimum atomic E-state index is 0.0660. The quantitative estimate of drug-likeness (QED) is 0.858. The highest BCUT2D eigenvalue weighted by Crippen LogP contribution is 2.28. The smallest absolute Gasteiger partial charge is 0.228 e. The van der Waals surface area contributed by atoms with E-state index < -0.39 is 0 Å². The molecule has 1 amide bonds. The van der Waals surface area contributed by atoms with Gasteiger partial charge in [0, 0.05) is 6.54 Å². The van der Waals surface area contributed by atoms with Gasteiger partial charge in [0.2, 0.25) is 5.91 Å². The normalized spacial score (nSPS) is 18.7. The maximum Gasteiger partial charge on any atom is 0.228 e. The topological polar surface area (TPSA) is 50.4 Å². The largest absolute Gasteiger partial charge is 0.495 e. The number of anilines is 1. The molecule has 18 heavy (non-hydrogen) atoms. The summed E-state index contributed by atoms with van der Waals surface area (Å²) < 4.78 is 5.31. The fraction of sp³-hybridized carbons (Fsp3) is 0.500. The molecule has 1 aliphatic heterocycles. The number of carbonyl (C=O) groups excluding carboxylic acids is 1. The first kappa shape index (κ1) is 12.9. The summed E-state index contributed by atoms with van der Waals surface area (Å²) >= 11 is 0. The molecule has 1 aromatic rings. The molecule has 4 nitrogen and oxygen atoms in total. The Morgan fingerprint density at radius 2 is 2.11 bits per heavy atom. The minimum absolute atomic E-state index is 0.0660. The number of ether oxygens (including phenoxy) is 1. The molecule has 0 saturated carbocycles. The van der Waals surface area contributed by atoms with Gasteiger partial charge in [-0.15, -0.1) is 0 Å². The van der Waals surface area contributed by atoms with Gasteiger partial charge < -0.3 is 15.4 Å². The maximum atomic E-state index is 12.1. The van der Waals surface area contributed by atoms with Gasteiger partial charge in [-0.05, 0) is 50.1 Å². The molecule has 1 heterocycles. The number of carbonyl (C=O) groups is 1. The Morgan fingerprint density at radius 1 is 1.39 bits per heavy atom. The molecule has 2 N–H and O–H groups in total. The van der Waals surface area contributed by atoms with E-state index in [9.17, 15) is 4.79 Å². The first-order valence-corrected chi connectivity index (χ1v) is 6.28. The predicted molar refractivity (Wildman–Crippen MR) is 72.1 cm³/mol. The van der Waals surface area contributed by atoms with Crippen molar-refractivity contribution in [3.8, 4) is 5.75 Å². The Morgan fingerprint density at radius 3 is 2.72 bits per heavy atom. The van der Waals surface area contributed by atoms with Crippen molar-refractivity contribution in [2.45, 2.75) is 20.3 Å². The fourth-order valence-electron chi connectivity index (χ4n) is 2.17. The molecule has 4 heteroatoms. The fourth-order valence-corrected chi connectivity index (χ4v) is 2.17. The lowest BCUT2D eigenvalue weighted by Crippen LogP contribution is -2.24. The van der Waals surface area contributed by atoms with Crippen LogP contribution in [0.1, 0.15) is 17.5 Å². The van der Waals surface area contributed by atoms with Crippen molar-refractivity contribution in [1.82, 2.24) is 5.32 Å². The average Bonchev–Trinajstić information content (AvgIpc) is 2.87. The van der Waals surface area contributed by atoms with Crippen molar-refractivity contribution < 1.29 is 9.53 Å². The van der Waals surface area contributed by atoms with Crippen LogP contribution in [0.25, 0.3) is 0 Å². The summed E-state index contributed by atoms with van der Waals surface area (Å²) in [5, 5.41) is 6.16. The van der Waals surface area contributed by atoms with Crippen molar-refractivity contribution in [1.29, 1.82) is 0 Å². The van der Waals surface area contributed by atoms with E-state index in [1.165, 1.54) is 0 Å². The number of aryl methyl sites for hydroxylation is 2. The van der Waals surface area contributed by atoms with Gasteiger partial charge in [0.15, 0.2) is 0 Å². The number of amides is 1. The van der Waals surface area contributed by atoms with Crippen LogP contribution in [0.5, 0.6) is 5.75 Å². The van der Waals surface area contributed by atoms with Crippen molar-refractivity contribution in [3.05, 3.63) is 23.3 Å². The van der Waals surface area contributed by atoms with E-state index in [4.69, 9.17) is 4.74 Å². The molecule has 0 aromatic heterocycles. The van der Waals surface area contributed by atoms with Gasteiger partial charge in [-0.1, -0.05) is 0 Å². The lowest BCUT2D eigenvalue weighted by atomic mass is 10.1. The Balaban J connectivity index is 2.17. The van der Waals surface area contributed by atoms with Crippen LogP contribution in [-0.2, 0) is 4.79 Å². The van der Waals surface area contributed by atoms with E-state index in [1.54, 1.807) is 7.11 Å². The summed E-state index contributed by atoms with van der Waals surface area (Å²) in [6, 6.07) is 3.92. The van der Waals surface area contributed by atoms with E-state index in [2.05, 4.69) is 10.6 Å². The minimum Gasteiger partial charge on any atom is -0.495 e. The number of hydrogen-bond acceptors (Lipinski definition) is 3. The second-order valence-corrected chi connectivity index (χ2v) is 4.82. The van der Waals surface area contributed by atoms with Gasteiger partial charge in [0.05, 0.1) is 18.7 Å². The van der Waals surface area contributed by atoms with E-state index in [1.807, 2.05) is 26.0 Å². The highest BCUT2D eigenvalue weighted by atomic mass is 16.5. The lowest BCUT2D eigenvalue weighted by Gasteiger charge is -2.15. The molecule has 2 rings (SSSR count). The molecule has 0 spiro atoms. The van der Waals surface area contributed by atoms with E-state index in [0.29, 0.717) is 0 Å². The number of nitrogens with one attached hydrogen (secondary N) is 2. The second kappa shape index (κ2) is 5.40. The zero-order valence-electron chi connectivity index (χ0n) is 11.2. The van der Waals surface area contributed by atoms with Crippen LogP contribution in [0.2, 0.25) is 0 Å². The molecule has 1 atom stereocenters. The molecule has 0 bridgehead atoms. The highest BCUT2D eigenvalue weighted by Gasteiger charge is 2.23. The highest BCUT2D eigenvalue weighted by molar-refractivity contribution is 5.94. The van der Waals surface area contributed by atoms with E-state index >= 15 is 0 Å². The predicted octanol–water partition coefficient (Wildman–Crippen LogP) is 1.86. The van der Waals surface area contributed by atoms with Crippen molar-refractivity contribution in [3.63, 3.8) is 0 Å². The number of methoxy groups -OCH3 is 1. The summed E-state index contributed by atoms with van der Waals surface area (Å²) in [7, 11) is 1.62. The Labute approximate surface area is 108 Å². The van der Waals surface area contributed by atoms with Gasteiger partial charge in [-0.3, -0.25) is 4.79 Å².